The number of aryl methyl sites for hydroxylation is 1. The van der Waals surface area contributed by atoms with Gasteiger partial charge in [-0.15, -0.1) is 0 Å². The van der Waals surface area contributed by atoms with Crippen molar-refractivity contribution in [2.45, 2.75) is 12.5 Å². The largest absolute Gasteiger partial charge is 0.354 e. The second-order valence-electron chi connectivity index (χ2n) is 3.70. The molecule has 1 saturated heterocycles. The minimum absolute atomic E-state index is 0.530. The Labute approximate surface area is 88.8 Å². The van der Waals surface area contributed by atoms with Gasteiger partial charge in [0, 0.05) is 26.7 Å². The first-order valence-corrected chi connectivity index (χ1v) is 5.19. The maximum absolute atomic E-state index is 6.07. The summed E-state index contributed by atoms with van der Waals surface area (Å²) in [5, 5.41) is 8.19. The molecule has 0 unspecified atom stereocenters. The zero-order valence-electron chi connectivity index (χ0n) is 8.50. The molecule has 78 valence electrons. The van der Waals surface area contributed by atoms with Crippen molar-refractivity contribution in [2.75, 3.05) is 25.0 Å². The van der Waals surface area contributed by atoms with Crippen molar-refractivity contribution < 1.29 is 0 Å². The van der Waals surface area contributed by atoms with Gasteiger partial charge < -0.3 is 10.2 Å². The van der Waals surface area contributed by atoms with Crippen LogP contribution in [0.1, 0.15) is 6.42 Å². The van der Waals surface area contributed by atoms with E-state index in [-0.39, 0.29) is 0 Å². The molecule has 1 aromatic heterocycles. The zero-order chi connectivity index (χ0) is 10.1. The lowest BCUT2D eigenvalue weighted by atomic mass is 10.2. The fourth-order valence-electron chi connectivity index (χ4n) is 1.94. The van der Waals surface area contributed by atoms with Gasteiger partial charge in [0.25, 0.3) is 0 Å². The lowest BCUT2D eigenvalue weighted by Gasteiger charge is -2.25. The highest BCUT2D eigenvalue weighted by molar-refractivity contribution is 6.32. The van der Waals surface area contributed by atoms with Crippen LogP contribution in [-0.2, 0) is 7.05 Å². The van der Waals surface area contributed by atoms with Crippen LogP contribution in [0.2, 0.25) is 5.02 Å². The molecule has 0 saturated carbocycles. The average molecular weight is 215 g/mol. The highest BCUT2D eigenvalue weighted by Crippen LogP contribution is 2.26. The number of likely N-dealkylation sites (N-methyl/N-ethyl adjacent to an activating group) is 1. The molecule has 2 rings (SSSR count). The van der Waals surface area contributed by atoms with Gasteiger partial charge in [-0.2, -0.15) is 5.10 Å². The molecule has 1 aliphatic rings. The number of nitrogens with zero attached hydrogens (tertiary/aromatic N) is 3. The average Bonchev–Trinajstić information content (AvgIpc) is 2.75. The van der Waals surface area contributed by atoms with Crippen LogP contribution in [0.3, 0.4) is 0 Å². The number of nitrogens with one attached hydrogen (secondary N) is 1. The number of hydrogen-bond donors (Lipinski definition) is 1. The molecular weight excluding hydrogens is 200 g/mol. The monoisotopic (exact) mass is 214 g/mol. The Kier molecular flexibility index (Phi) is 2.65. The maximum Gasteiger partial charge on any atom is 0.145 e. The van der Waals surface area contributed by atoms with E-state index in [0.717, 1.165) is 30.4 Å². The maximum atomic E-state index is 6.07. The molecule has 1 N–H and O–H groups in total. The van der Waals surface area contributed by atoms with E-state index >= 15 is 0 Å². The van der Waals surface area contributed by atoms with Gasteiger partial charge in [0.15, 0.2) is 0 Å². The van der Waals surface area contributed by atoms with Crippen molar-refractivity contribution in [3.63, 3.8) is 0 Å². The molecule has 1 aromatic rings. The molecule has 4 nitrogen and oxygen atoms in total. The van der Waals surface area contributed by atoms with Gasteiger partial charge in [-0.25, -0.2) is 0 Å². The fourth-order valence-corrected chi connectivity index (χ4v) is 2.24. The van der Waals surface area contributed by atoms with Gasteiger partial charge in [0.1, 0.15) is 10.8 Å². The minimum atomic E-state index is 0.530. The Balaban J connectivity index is 2.21. The van der Waals surface area contributed by atoms with Gasteiger partial charge in [-0.1, -0.05) is 11.6 Å². The molecule has 1 atom stereocenters. The molecule has 1 aliphatic heterocycles. The van der Waals surface area contributed by atoms with E-state index in [0.29, 0.717) is 6.04 Å². The summed E-state index contributed by atoms with van der Waals surface area (Å²) >= 11 is 6.07. The van der Waals surface area contributed by atoms with Crippen molar-refractivity contribution in [3.8, 4) is 0 Å². The summed E-state index contributed by atoms with van der Waals surface area (Å²) in [4.78, 5) is 2.20. The van der Waals surface area contributed by atoms with Crippen LogP contribution < -0.4 is 10.2 Å². The van der Waals surface area contributed by atoms with Gasteiger partial charge in [-0.3, -0.25) is 4.68 Å². The van der Waals surface area contributed by atoms with Crippen LogP contribution in [-0.4, -0.2) is 36.0 Å². The number of rotatable bonds is 2. The number of anilines is 1. The van der Waals surface area contributed by atoms with Gasteiger partial charge in [0.05, 0.1) is 6.20 Å². The number of halogens is 1. The lowest BCUT2D eigenvalue weighted by Crippen LogP contribution is -2.34. The van der Waals surface area contributed by atoms with Crippen molar-refractivity contribution in [3.05, 3.63) is 11.2 Å². The van der Waals surface area contributed by atoms with E-state index in [1.165, 1.54) is 0 Å². The summed E-state index contributed by atoms with van der Waals surface area (Å²) in [6, 6.07) is 0.530. The second kappa shape index (κ2) is 3.79. The Morgan fingerprint density at radius 2 is 2.50 bits per heavy atom. The predicted octanol–water partition coefficient (Wildman–Crippen LogP) is 0.872. The van der Waals surface area contributed by atoms with Crippen LogP contribution >= 0.6 is 11.6 Å². The fraction of sp³-hybridized carbons (Fsp3) is 0.667. The van der Waals surface area contributed by atoms with E-state index in [4.69, 9.17) is 11.6 Å². The van der Waals surface area contributed by atoms with Crippen LogP contribution in [0.15, 0.2) is 6.20 Å². The molecule has 0 radical (unpaired) electrons. The summed E-state index contributed by atoms with van der Waals surface area (Å²) in [5.41, 5.74) is 0. The molecular formula is C9H15ClN4. The first-order chi connectivity index (χ1) is 6.70. The molecule has 0 amide bonds. The predicted molar refractivity (Wildman–Crippen MR) is 57.9 cm³/mol. The topological polar surface area (TPSA) is 33.1 Å². The molecule has 0 bridgehead atoms. The third-order valence-electron chi connectivity index (χ3n) is 2.78. The van der Waals surface area contributed by atoms with Crippen molar-refractivity contribution in [1.82, 2.24) is 15.1 Å². The molecule has 0 aromatic carbocycles. The van der Waals surface area contributed by atoms with Gasteiger partial charge in [-0.05, 0) is 13.0 Å². The van der Waals surface area contributed by atoms with Crippen LogP contribution in [0.4, 0.5) is 5.82 Å². The molecule has 14 heavy (non-hydrogen) atoms. The molecule has 5 heteroatoms. The quantitative estimate of drug-likeness (QED) is 0.793. The zero-order valence-corrected chi connectivity index (χ0v) is 9.25. The first kappa shape index (κ1) is 9.80. The number of aromatic nitrogens is 2. The van der Waals surface area contributed by atoms with Crippen LogP contribution in [0.5, 0.6) is 0 Å². The third kappa shape index (κ3) is 1.60. The third-order valence-corrected chi connectivity index (χ3v) is 3.05. The van der Waals surface area contributed by atoms with E-state index in [9.17, 15) is 0 Å². The second-order valence-corrected chi connectivity index (χ2v) is 4.10. The van der Waals surface area contributed by atoms with Crippen molar-refractivity contribution in [1.29, 1.82) is 0 Å². The lowest BCUT2D eigenvalue weighted by molar-refractivity contribution is 0.645. The summed E-state index contributed by atoms with van der Waals surface area (Å²) in [6.07, 6.45) is 2.85. The Morgan fingerprint density at radius 3 is 3.00 bits per heavy atom. The van der Waals surface area contributed by atoms with Gasteiger partial charge >= 0.3 is 0 Å². The van der Waals surface area contributed by atoms with E-state index in [1.54, 1.807) is 6.20 Å². The Bertz CT molecular complexity index is 297. The van der Waals surface area contributed by atoms with Crippen molar-refractivity contribution in [2.24, 2.45) is 7.05 Å². The summed E-state index contributed by atoms with van der Waals surface area (Å²) in [7, 11) is 3.99. The highest BCUT2D eigenvalue weighted by atomic mass is 35.5. The summed E-state index contributed by atoms with van der Waals surface area (Å²) in [6.45, 7) is 2.11. The SMILES string of the molecule is CN(c1c(Cl)cnn1C)[C@@H]1CCNC1. The van der Waals surface area contributed by atoms with Crippen molar-refractivity contribution >= 4 is 17.4 Å². The first-order valence-electron chi connectivity index (χ1n) is 4.81. The summed E-state index contributed by atoms with van der Waals surface area (Å²) < 4.78 is 1.82. The Hall–Kier alpha value is -0.740. The Morgan fingerprint density at radius 1 is 1.71 bits per heavy atom. The number of hydrogen-bond acceptors (Lipinski definition) is 3. The normalized spacial score (nSPS) is 21.5. The molecule has 2 heterocycles. The van der Waals surface area contributed by atoms with Crippen LogP contribution in [0.25, 0.3) is 0 Å². The van der Waals surface area contributed by atoms with Gasteiger partial charge in [0.2, 0.25) is 0 Å². The highest BCUT2D eigenvalue weighted by Gasteiger charge is 2.23. The minimum Gasteiger partial charge on any atom is -0.354 e. The summed E-state index contributed by atoms with van der Waals surface area (Å²) in [5.74, 6) is 1.00. The smallest absolute Gasteiger partial charge is 0.145 e. The molecule has 0 spiro atoms. The molecule has 1 fully saturated rings. The standard InChI is InChI=1S/C9H15ClN4/c1-13(7-3-4-11-5-7)9-8(10)6-12-14(9)2/h6-7,11H,3-5H2,1-2H3/t7-/m1/s1. The molecule has 0 aliphatic carbocycles. The van der Waals surface area contributed by atoms with E-state index in [2.05, 4.69) is 22.4 Å². The van der Waals surface area contributed by atoms with E-state index < -0.39 is 0 Å². The van der Waals surface area contributed by atoms with E-state index in [1.807, 2.05) is 11.7 Å². The van der Waals surface area contributed by atoms with Crippen LogP contribution in [0, 0.1) is 0 Å².